The van der Waals surface area contributed by atoms with E-state index in [0.29, 0.717) is 5.56 Å². The van der Waals surface area contributed by atoms with Crippen molar-refractivity contribution in [2.24, 2.45) is 0 Å². The Morgan fingerprint density at radius 1 is 1.47 bits per heavy atom. The van der Waals surface area contributed by atoms with Crippen LogP contribution in [-0.4, -0.2) is 16.8 Å². The number of rotatable bonds is 5. The van der Waals surface area contributed by atoms with E-state index in [1.165, 1.54) is 12.1 Å². The summed E-state index contributed by atoms with van der Waals surface area (Å²) in [6.07, 6.45) is 2.71. The fourth-order valence-corrected chi connectivity index (χ4v) is 1.40. The molecule has 82 valence electrons. The van der Waals surface area contributed by atoms with Gasteiger partial charge in [-0.3, -0.25) is 0 Å². The number of benzene rings is 1. The van der Waals surface area contributed by atoms with Crippen molar-refractivity contribution in [2.75, 3.05) is 6.54 Å². The van der Waals surface area contributed by atoms with Crippen LogP contribution in [0.2, 0.25) is 0 Å². The fourth-order valence-electron chi connectivity index (χ4n) is 1.40. The van der Waals surface area contributed by atoms with Crippen LogP contribution in [0.25, 0.3) is 0 Å². The lowest BCUT2D eigenvalue weighted by Crippen LogP contribution is -2.19. The maximum Gasteiger partial charge on any atom is 0.120 e. The van der Waals surface area contributed by atoms with E-state index in [1.807, 2.05) is 13.0 Å². The Kier molecular flexibility index (Phi) is 4.18. The second-order valence-electron chi connectivity index (χ2n) is 3.50. The van der Waals surface area contributed by atoms with Gasteiger partial charge in [-0.15, -0.1) is 6.58 Å². The van der Waals surface area contributed by atoms with Gasteiger partial charge in [0.25, 0.3) is 0 Å². The predicted molar refractivity (Wildman–Crippen MR) is 61.0 cm³/mol. The van der Waals surface area contributed by atoms with Crippen LogP contribution in [0.5, 0.6) is 11.5 Å². The molecule has 0 radical (unpaired) electrons. The van der Waals surface area contributed by atoms with Crippen LogP contribution in [0.3, 0.4) is 0 Å². The van der Waals surface area contributed by atoms with Gasteiger partial charge in [-0.25, -0.2) is 0 Å². The van der Waals surface area contributed by atoms with Crippen LogP contribution in [0.15, 0.2) is 30.9 Å². The molecule has 0 aromatic heterocycles. The zero-order valence-corrected chi connectivity index (χ0v) is 8.90. The molecule has 0 saturated heterocycles. The number of aromatic hydroxyl groups is 2. The summed E-state index contributed by atoms with van der Waals surface area (Å²) in [5.41, 5.74) is 0.707. The average Bonchev–Trinajstić information content (AvgIpc) is 2.22. The van der Waals surface area contributed by atoms with E-state index in [1.54, 1.807) is 6.07 Å². The summed E-state index contributed by atoms with van der Waals surface area (Å²) in [6.45, 7) is 6.38. The van der Waals surface area contributed by atoms with Crippen LogP contribution in [0, 0.1) is 0 Å². The summed E-state index contributed by atoms with van der Waals surface area (Å²) >= 11 is 0. The molecule has 0 aliphatic heterocycles. The van der Waals surface area contributed by atoms with Crippen LogP contribution in [0.4, 0.5) is 0 Å². The second-order valence-corrected chi connectivity index (χ2v) is 3.50. The Morgan fingerprint density at radius 2 is 2.20 bits per heavy atom. The molecule has 3 N–H and O–H groups in total. The SMILES string of the molecule is C=CCCNC(C)c1cc(O)ccc1O. The molecule has 0 amide bonds. The molecule has 3 nitrogen and oxygen atoms in total. The molecule has 0 saturated carbocycles. The molecule has 0 aliphatic carbocycles. The first-order chi connectivity index (χ1) is 7.15. The molecule has 3 heteroatoms. The first-order valence-corrected chi connectivity index (χ1v) is 5.01. The minimum Gasteiger partial charge on any atom is -0.508 e. The van der Waals surface area contributed by atoms with E-state index >= 15 is 0 Å². The van der Waals surface area contributed by atoms with Crippen molar-refractivity contribution in [2.45, 2.75) is 19.4 Å². The lowest BCUT2D eigenvalue weighted by molar-refractivity contribution is 0.441. The molecular formula is C12H17NO2. The van der Waals surface area contributed by atoms with Gasteiger partial charge in [-0.2, -0.15) is 0 Å². The van der Waals surface area contributed by atoms with Gasteiger partial charge in [0.15, 0.2) is 0 Å². The summed E-state index contributed by atoms with van der Waals surface area (Å²) in [5, 5.41) is 22.1. The fraction of sp³-hybridized carbons (Fsp3) is 0.333. The maximum absolute atomic E-state index is 9.59. The molecule has 1 atom stereocenters. The summed E-state index contributed by atoms with van der Waals surface area (Å²) in [6, 6.07) is 4.55. The number of phenolic OH excluding ortho intramolecular Hbond substituents is 2. The molecular weight excluding hydrogens is 190 g/mol. The molecule has 0 spiro atoms. The summed E-state index contributed by atoms with van der Waals surface area (Å²) in [5.74, 6) is 0.367. The Labute approximate surface area is 90.1 Å². The molecule has 1 aromatic rings. The molecule has 1 aromatic carbocycles. The smallest absolute Gasteiger partial charge is 0.120 e. The molecule has 0 heterocycles. The Balaban J connectivity index is 2.67. The first kappa shape index (κ1) is 11.6. The Bertz CT molecular complexity index is 336. The third kappa shape index (κ3) is 3.29. The maximum atomic E-state index is 9.59. The lowest BCUT2D eigenvalue weighted by Gasteiger charge is -2.15. The second kappa shape index (κ2) is 5.41. The van der Waals surface area contributed by atoms with E-state index in [2.05, 4.69) is 11.9 Å². The largest absolute Gasteiger partial charge is 0.508 e. The Morgan fingerprint density at radius 3 is 2.87 bits per heavy atom. The summed E-state index contributed by atoms with van der Waals surface area (Å²) in [7, 11) is 0. The van der Waals surface area contributed by atoms with Gasteiger partial charge in [0, 0.05) is 11.6 Å². The summed E-state index contributed by atoms with van der Waals surface area (Å²) < 4.78 is 0. The minimum absolute atomic E-state index is 0.0112. The highest BCUT2D eigenvalue weighted by molar-refractivity contribution is 5.40. The van der Waals surface area contributed by atoms with Crippen molar-refractivity contribution in [1.29, 1.82) is 0 Å². The van der Waals surface area contributed by atoms with Crippen LogP contribution in [0.1, 0.15) is 24.9 Å². The zero-order chi connectivity index (χ0) is 11.3. The van der Waals surface area contributed by atoms with Gasteiger partial charge in [0.05, 0.1) is 0 Å². The van der Waals surface area contributed by atoms with E-state index in [-0.39, 0.29) is 17.5 Å². The highest BCUT2D eigenvalue weighted by Crippen LogP contribution is 2.27. The van der Waals surface area contributed by atoms with Crippen molar-refractivity contribution in [3.63, 3.8) is 0 Å². The lowest BCUT2D eigenvalue weighted by atomic mass is 10.1. The molecule has 1 rings (SSSR count). The standard InChI is InChI=1S/C12H17NO2/c1-3-4-7-13-9(2)11-8-10(14)5-6-12(11)15/h3,5-6,8-9,13-15H,1,4,7H2,2H3. The topological polar surface area (TPSA) is 52.5 Å². The predicted octanol–water partition coefficient (Wildman–Crippen LogP) is 2.32. The minimum atomic E-state index is 0.0112. The van der Waals surface area contributed by atoms with Crippen molar-refractivity contribution >= 4 is 0 Å². The van der Waals surface area contributed by atoms with Crippen LogP contribution >= 0.6 is 0 Å². The van der Waals surface area contributed by atoms with Gasteiger partial charge < -0.3 is 15.5 Å². The summed E-state index contributed by atoms with van der Waals surface area (Å²) in [4.78, 5) is 0. The Hall–Kier alpha value is -1.48. The highest BCUT2D eigenvalue weighted by atomic mass is 16.3. The van der Waals surface area contributed by atoms with E-state index in [0.717, 1.165) is 13.0 Å². The van der Waals surface area contributed by atoms with Gasteiger partial charge in [-0.1, -0.05) is 6.08 Å². The third-order valence-corrected chi connectivity index (χ3v) is 2.28. The zero-order valence-electron chi connectivity index (χ0n) is 8.90. The van der Waals surface area contributed by atoms with Gasteiger partial charge in [0.1, 0.15) is 11.5 Å². The van der Waals surface area contributed by atoms with Crippen LogP contribution in [-0.2, 0) is 0 Å². The quantitative estimate of drug-likeness (QED) is 0.394. The van der Waals surface area contributed by atoms with E-state index in [4.69, 9.17) is 0 Å². The average molecular weight is 207 g/mol. The number of hydrogen-bond acceptors (Lipinski definition) is 3. The van der Waals surface area contributed by atoms with Crippen molar-refractivity contribution in [3.8, 4) is 11.5 Å². The normalized spacial score (nSPS) is 12.3. The molecule has 0 bridgehead atoms. The van der Waals surface area contributed by atoms with Crippen molar-refractivity contribution in [3.05, 3.63) is 36.4 Å². The van der Waals surface area contributed by atoms with Gasteiger partial charge >= 0.3 is 0 Å². The first-order valence-electron chi connectivity index (χ1n) is 5.01. The number of phenols is 2. The number of hydrogen-bond donors (Lipinski definition) is 3. The van der Waals surface area contributed by atoms with E-state index < -0.39 is 0 Å². The van der Waals surface area contributed by atoms with Crippen molar-refractivity contribution in [1.82, 2.24) is 5.32 Å². The molecule has 0 fully saturated rings. The molecule has 15 heavy (non-hydrogen) atoms. The number of nitrogens with one attached hydrogen (secondary N) is 1. The van der Waals surface area contributed by atoms with Crippen LogP contribution < -0.4 is 5.32 Å². The van der Waals surface area contributed by atoms with Crippen molar-refractivity contribution < 1.29 is 10.2 Å². The third-order valence-electron chi connectivity index (χ3n) is 2.28. The molecule has 0 aliphatic rings. The highest BCUT2D eigenvalue weighted by Gasteiger charge is 2.09. The van der Waals surface area contributed by atoms with Gasteiger partial charge in [-0.05, 0) is 38.1 Å². The molecule has 1 unspecified atom stereocenters. The van der Waals surface area contributed by atoms with Gasteiger partial charge in [0.2, 0.25) is 0 Å². The monoisotopic (exact) mass is 207 g/mol. The van der Waals surface area contributed by atoms with E-state index in [9.17, 15) is 10.2 Å².